The standard InChI is InChI=1S/C19H21N5O2S/c1-19(2,3)26-18(25)22-13-7-5-12(6-8-13)16-14(11-21-24-16)15-9-10-20-17(23-15)27-4/h5-11H,1-4H3,(H,21,24)(H,22,25). The minimum absolute atomic E-state index is 0.483. The molecule has 8 heteroatoms. The second-order valence-corrected chi connectivity index (χ2v) is 7.56. The number of anilines is 1. The number of ether oxygens (including phenoxy) is 1. The summed E-state index contributed by atoms with van der Waals surface area (Å²) >= 11 is 1.49. The topological polar surface area (TPSA) is 92.8 Å². The number of amides is 1. The van der Waals surface area contributed by atoms with Crippen LogP contribution in [0.3, 0.4) is 0 Å². The first-order chi connectivity index (χ1) is 12.9. The number of H-pyrrole nitrogens is 1. The van der Waals surface area contributed by atoms with Crippen LogP contribution in [0.1, 0.15) is 20.8 Å². The van der Waals surface area contributed by atoms with Gasteiger partial charge in [0.05, 0.1) is 17.6 Å². The van der Waals surface area contributed by atoms with Crippen molar-refractivity contribution in [2.24, 2.45) is 0 Å². The lowest BCUT2D eigenvalue weighted by Crippen LogP contribution is -2.27. The molecule has 0 radical (unpaired) electrons. The van der Waals surface area contributed by atoms with Crippen molar-refractivity contribution in [1.29, 1.82) is 0 Å². The summed E-state index contributed by atoms with van der Waals surface area (Å²) in [4.78, 5) is 20.6. The van der Waals surface area contributed by atoms with Gasteiger partial charge in [0.2, 0.25) is 0 Å². The molecule has 0 bridgehead atoms. The number of benzene rings is 1. The largest absolute Gasteiger partial charge is 0.444 e. The van der Waals surface area contributed by atoms with E-state index in [2.05, 4.69) is 25.5 Å². The first-order valence-corrected chi connectivity index (χ1v) is 9.59. The van der Waals surface area contributed by atoms with E-state index in [1.54, 1.807) is 12.4 Å². The van der Waals surface area contributed by atoms with Gasteiger partial charge in [-0.05, 0) is 45.2 Å². The quantitative estimate of drug-likeness (QED) is 0.505. The molecule has 7 nitrogen and oxygen atoms in total. The van der Waals surface area contributed by atoms with Crippen molar-refractivity contribution in [3.8, 4) is 22.5 Å². The summed E-state index contributed by atoms with van der Waals surface area (Å²) in [6, 6.07) is 9.29. The first kappa shape index (κ1) is 18.9. The molecule has 0 fully saturated rings. The van der Waals surface area contributed by atoms with Crippen LogP contribution in [0.25, 0.3) is 22.5 Å². The minimum Gasteiger partial charge on any atom is -0.444 e. The molecule has 0 aliphatic heterocycles. The van der Waals surface area contributed by atoms with Gasteiger partial charge in [-0.15, -0.1) is 0 Å². The fourth-order valence-electron chi connectivity index (χ4n) is 2.43. The summed E-state index contributed by atoms with van der Waals surface area (Å²) < 4.78 is 5.26. The molecule has 2 heterocycles. The number of carbonyl (C=O) groups is 1. The zero-order valence-corrected chi connectivity index (χ0v) is 16.4. The van der Waals surface area contributed by atoms with Gasteiger partial charge in [-0.25, -0.2) is 14.8 Å². The average Bonchev–Trinajstić information content (AvgIpc) is 3.10. The summed E-state index contributed by atoms with van der Waals surface area (Å²) in [7, 11) is 0. The summed E-state index contributed by atoms with van der Waals surface area (Å²) in [5, 5.41) is 10.6. The van der Waals surface area contributed by atoms with Crippen LogP contribution in [0.2, 0.25) is 0 Å². The maximum atomic E-state index is 11.9. The van der Waals surface area contributed by atoms with Crippen molar-refractivity contribution < 1.29 is 9.53 Å². The lowest BCUT2D eigenvalue weighted by atomic mass is 10.1. The van der Waals surface area contributed by atoms with Gasteiger partial charge in [-0.1, -0.05) is 23.9 Å². The zero-order chi connectivity index (χ0) is 19.4. The smallest absolute Gasteiger partial charge is 0.412 e. The second kappa shape index (κ2) is 7.79. The van der Waals surface area contributed by atoms with Crippen molar-refractivity contribution in [1.82, 2.24) is 20.2 Å². The van der Waals surface area contributed by atoms with Crippen LogP contribution < -0.4 is 5.32 Å². The fourth-order valence-corrected chi connectivity index (χ4v) is 2.79. The predicted octanol–water partition coefficient (Wildman–Crippen LogP) is 4.60. The van der Waals surface area contributed by atoms with Gasteiger partial charge in [-0.3, -0.25) is 10.4 Å². The average molecular weight is 383 g/mol. The number of rotatable bonds is 4. The Bertz CT molecular complexity index is 932. The van der Waals surface area contributed by atoms with E-state index in [-0.39, 0.29) is 0 Å². The van der Waals surface area contributed by atoms with Crippen LogP contribution in [0.15, 0.2) is 47.9 Å². The van der Waals surface area contributed by atoms with Crippen LogP contribution in [0, 0.1) is 0 Å². The Morgan fingerprint density at radius 3 is 2.59 bits per heavy atom. The molecule has 0 spiro atoms. The van der Waals surface area contributed by atoms with Gasteiger partial charge >= 0.3 is 6.09 Å². The molecule has 0 saturated heterocycles. The first-order valence-electron chi connectivity index (χ1n) is 8.37. The highest BCUT2D eigenvalue weighted by Gasteiger charge is 2.16. The zero-order valence-electron chi connectivity index (χ0n) is 15.6. The molecule has 140 valence electrons. The molecule has 1 aromatic carbocycles. The highest BCUT2D eigenvalue weighted by molar-refractivity contribution is 7.98. The van der Waals surface area contributed by atoms with Gasteiger partial charge in [-0.2, -0.15) is 5.10 Å². The van der Waals surface area contributed by atoms with Crippen LogP contribution in [-0.2, 0) is 4.74 Å². The predicted molar refractivity (Wildman–Crippen MR) is 107 cm³/mol. The number of thioether (sulfide) groups is 1. The van der Waals surface area contributed by atoms with Crippen LogP contribution in [0.5, 0.6) is 0 Å². The summed E-state index contributed by atoms with van der Waals surface area (Å²) in [6.45, 7) is 5.47. The van der Waals surface area contributed by atoms with E-state index in [0.717, 1.165) is 22.5 Å². The summed E-state index contributed by atoms with van der Waals surface area (Å²) in [5.74, 6) is 0. The molecule has 3 rings (SSSR count). The van der Waals surface area contributed by atoms with Crippen LogP contribution >= 0.6 is 11.8 Å². The Morgan fingerprint density at radius 2 is 1.93 bits per heavy atom. The monoisotopic (exact) mass is 383 g/mol. The summed E-state index contributed by atoms with van der Waals surface area (Å²) in [5.41, 5.74) is 3.59. The molecule has 0 atom stereocenters. The van der Waals surface area contributed by atoms with Gasteiger partial charge < -0.3 is 4.74 Å². The Labute approximate surface area is 162 Å². The molecular formula is C19H21N5O2S. The lowest BCUT2D eigenvalue weighted by Gasteiger charge is -2.19. The molecule has 2 N–H and O–H groups in total. The molecular weight excluding hydrogens is 362 g/mol. The fraction of sp³-hybridized carbons (Fsp3) is 0.263. The van der Waals surface area contributed by atoms with Gasteiger partial charge in [0, 0.05) is 23.0 Å². The molecule has 27 heavy (non-hydrogen) atoms. The van der Waals surface area contributed by atoms with Crippen molar-refractivity contribution in [3.63, 3.8) is 0 Å². The van der Waals surface area contributed by atoms with Crippen molar-refractivity contribution in [2.75, 3.05) is 11.6 Å². The molecule has 3 aromatic rings. The SMILES string of the molecule is CSc1nccc(-c2cn[nH]c2-c2ccc(NC(=O)OC(C)(C)C)cc2)n1. The third-order valence-electron chi connectivity index (χ3n) is 3.55. The van der Waals surface area contributed by atoms with Gasteiger partial charge in [0.15, 0.2) is 5.16 Å². The highest BCUT2D eigenvalue weighted by Crippen LogP contribution is 2.30. The van der Waals surface area contributed by atoms with E-state index in [4.69, 9.17) is 4.74 Å². The van der Waals surface area contributed by atoms with E-state index < -0.39 is 11.7 Å². The highest BCUT2D eigenvalue weighted by atomic mass is 32.2. The number of aromatic nitrogens is 4. The number of carbonyl (C=O) groups excluding carboxylic acids is 1. The Kier molecular flexibility index (Phi) is 5.46. The van der Waals surface area contributed by atoms with Gasteiger partial charge in [0.1, 0.15) is 5.60 Å². The van der Waals surface area contributed by atoms with Crippen molar-refractivity contribution in [3.05, 3.63) is 42.7 Å². The number of aromatic amines is 1. The minimum atomic E-state index is -0.540. The molecule has 0 unspecified atom stereocenters. The van der Waals surface area contributed by atoms with Crippen molar-refractivity contribution >= 4 is 23.5 Å². The number of hydrogen-bond acceptors (Lipinski definition) is 6. The van der Waals surface area contributed by atoms with E-state index in [1.165, 1.54) is 11.8 Å². The third-order valence-corrected chi connectivity index (χ3v) is 4.11. The number of hydrogen-bond donors (Lipinski definition) is 2. The van der Waals surface area contributed by atoms with Crippen molar-refractivity contribution in [2.45, 2.75) is 31.5 Å². The lowest BCUT2D eigenvalue weighted by molar-refractivity contribution is 0.0636. The van der Waals surface area contributed by atoms with Crippen LogP contribution in [0.4, 0.5) is 10.5 Å². The normalized spacial score (nSPS) is 11.3. The maximum Gasteiger partial charge on any atom is 0.412 e. The van der Waals surface area contributed by atoms with E-state index >= 15 is 0 Å². The van der Waals surface area contributed by atoms with E-state index in [0.29, 0.717) is 10.8 Å². The molecule has 1 amide bonds. The Morgan fingerprint density at radius 1 is 1.19 bits per heavy atom. The molecule has 2 aromatic heterocycles. The second-order valence-electron chi connectivity index (χ2n) is 6.79. The van der Waals surface area contributed by atoms with Crippen LogP contribution in [-0.4, -0.2) is 38.1 Å². The third kappa shape index (κ3) is 4.85. The number of nitrogens with one attached hydrogen (secondary N) is 2. The molecule has 0 aliphatic rings. The number of nitrogens with zero attached hydrogens (tertiary/aromatic N) is 3. The molecule has 0 saturated carbocycles. The summed E-state index contributed by atoms with van der Waals surface area (Å²) in [6.07, 6.45) is 4.93. The Hall–Kier alpha value is -2.87. The maximum absolute atomic E-state index is 11.9. The molecule has 0 aliphatic carbocycles. The Balaban J connectivity index is 1.80. The van der Waals surface area contributed by atoms with E-state index in [9.17, 15) is 4.79 Å². The van der Waals surface area contributed by atoms with Gasteiger partial charge in [0.25, 0.3) is 0 Å². The van der Waals surface area contributed by atoms with E-state index in [1.807, 2.05) is 57.4 Å².